The fraction of sp³-hybridized carbons (Fsp3) is 0.421. The molecular weight excluding hydrogens is 286 g/mol. The van der Waals surface area contributed by atoms with E-state index in [2.05, 4.69) is 58.0 Å². The predicted octanol–water partition coefficient (Wildman–Crippen LogP) is 2.14. The van der Waals surface area contributed by atoms with Crippen LogP contribution in [0.2, 0.25) is 0 Å². The lowest BCUT2D eigenvalue weighted by atomic mass is 10.0. The molecule has 1 heterocycles. The number of nitrogens with zero attached hydrogens (tertiary/aromatic N) is 1. The van der Waals surface area contributed by atoms with E-state index in [9.17, 15) is 4.79 Å². The monoisotopic (exact) mass is 311 g/mol. The molecule has 1 aliphatic rings. The Morgan fingerprint density at radius 1 is 1.13 bits per heavy atom. The van der Waals surface area contributed by atoms with Gasteiger partial charge in [-0.1, -0.05) is 42.5 Å². The number of carbonyl (C=O) groups is 1. The molecule has 0 aliphatic carbocycles. The van der Waals surface area contributed by atoms with Gasteiger partial charge in [-0.15, -0.1) is 0 Å². The van der Waals surface area contributed by atoms with Crippen LogP contribution in [0.4, 0.5) is 0 Å². The summed E-state index contributed by atoms with van der Waals surface area (Å²) in [6.07, 6.45) is 2.20. The molecule has 2 aromatic carbocycles. The molecule has 1 fully saturated rings. The molecule has 4 nitrogen and oxygen atoms in total. The summed E-state index contributed by atoms with van der Waals surface area (Å²) in [4.78, 5) is 13.7. The normalized spacial score (nSPS) is 16.6. The van der Waals surface area contributed by atoms with Crippen LogP contribution in [0, 0.1) is 0 Å². The van der Waals surface area contributed by atoms with E-state index >= 15 is 0 Å². The lowest BCUT2D eigenvalue weighted by Crippen LogP contribution is -2.45. The fourth-order valence-electron chi connectivity index (χ4n) is 3.28. The molecule has 1 aliphatic heterocycles. The van der Waals surface area contributed by atoms with E-state index in [1.165, 1.54) is 16.3 Å². The van der Waals surface area contributed by atoms with Crippen LogP contribution in [0.3, 0.4) is 0 Å². The molecular formula is C19H25N3O. The molecule has 0 atom stereocenters. The minimum Gasteiger partial charge on any atom is -0.358 e. The lowest BCUT2D eigenvalue weighted by Gasteiger charge is -2.32. The Balaban J connectivity index is 1.52. The highest BCUT2D eigenvalue weighted by molar-refractivity contribution is 5.85. The largest absolute Gasteiger partial charge is 0.358 e. The van der Waals surface area contributed by atoms with Gasteiger partial charge in [0.2, 0.25) is 5.91 Å². The lowest BCUT2D eigenvalue weighted by molar-refractivity contribution is -0.122. The number of nitrogens with one attached hydrogen (secondary N) is 2. The Morgan fingerprint density at radius 2 is 1.87 bits per heavy atom. The molecule has 23 heavy (non-hydrogen) atoms. The quantitative estimate of drug-likeness (QED) is 0.889. The third-order valence-corrected chi connectivity index (χ3v) is 4.69. The van der Waals surface area contributed by atoms with Crippen LogP contribution in [-0.4, -0.2) is 43.5 Å². The molecule has 0 unspecified atom stereocenters. The van der Waals surface area contributed by atoms with E-state index < -0.39 is 0 Å². The van der Waals surface area contributed by atoms with Crippen LogP contribution < -0.4 is 10.6 Å². The summed E-state index contributed by atoms with van der Waals surface area (Å²) < 4.78 is 0. The number of hydrogen-bond donors (Lipinski definition) is 2. The second-order valence-corrected chi connectivity index (χ2v) is 6.24. The minimum atomic E-state index is 0.104. The Labute approximate surface area is 137 Å². The van der Waals surface area contributed by atoms with Gasteiger partial charge in [-0.3, -0.25) is 9.69 Å². The van der Waals surface area contributed by atoms with E-state index in [1.807, 2.05) is 0 Å². The summed E-state index contributed by atoms with van der Waals surface area (Å²) in [5.41, 5.74) is 1.36. The van der Waals surface area contributed by atoms with Crippen LogP contribution in [0.5, 0.6) is 0 Å². The molecule has 1 amide bonds. The topological polar surface area (TPSA) is 44.4 Å². The van der Waals surface area contributed by atoms with Gasteiger partial charge in [0.15, 0.2) is 0 Å². The minimum absolute atomic E-state index is 0.104. The van der Waals surface area contributed by atoms with E-state index in [-0.39, 0.29) is 5.91 Å². The number of hydrogen-bond acceptors (Lipinski definition) is 3. The molecule has 1 saturated heterocycles. The molecule has 0 spiro atoms. The van der Waals surface area contributed by atoms with Gasteiger partial charge in [0.1, 0.15) is 0 Å². The van der Waals surface area contributed by atoms with Crippen LogP contribution >= 0.6 is 0 Å². The Kier molecular flexibility index (Phi) is 5.26. The van der Waals surface area contributed by atoms with E-state index in [0.29, 0.717) is 12.6 Å². The van der Waals surface area contributed by atoms with Crippen LogP contribution in [0.25, 0.3) is 10.8 Å². The van der Waals surface area contributed by atoms with Gasteiger partial charge in [0.05, 0.1) is 6.54 Å². The third kappa shape index (κ3) is 4.09. The molecule has 3 rings (SSSR count). The number of fused-ring (bicyclic) bond motifs is 1. The van der Waals surface area contributed by atoms with Crippen molar-refractivity contribution < 1.29 is 4.79 Å². The van der Waals surface area contributed by atoms with Crippen LogP contribution in [0.1, 0.15) is 18.4 Å². The second-order valence-electron chi connectivity index (χ2n) is 6.24. The summed E-state index contributed by atoms with van der Waals surface area (Å²) in [5, 5.41) is 9.01. The number of amides is 1. The van der Waals surface area contributed by atoms with Crippen LogP contribution in [0.15, 0.2) is 42.5 Å². The number of rotatable bonds is 5. The number of benzene rings is 2. The Bertz CT molecular complexity index is 657. The highest BCUT2D eigenvalue weighted by Gasteiger charge is 2.20. The molecule has 0 saturated carbocycles. The SMILES string of the molecule is CNC(=O)CN1CCC(NCc2cccc3ccccc23)CC1. The van der Waals surface area contributed by atoms with Crippen molar-refractivity contribution in [3.63, 3.8) is 0 Å². The van der Waals surface area contributed by atoms with Crippen molar-refractivity contribution in [2.75, 3.05) is 26.7 Å². The third-order valence-electron chi connectivity index (χ3n) is 4.69. The molecule has 0 bridgehead atoms. The van der Waals surface area contributed by atoms with Gasteiger partial charge in [-0.05, 0) is 29.2 Å². The maximum Gasteiger partial charge on any atom is 0.233 e. The smallest absolute Gasteiger partial charge is 0.233 e. The Morgan fingerprint density at radius 3 is 2.65 bits per heavy atom. The molecule has 0 aromatic heterocycles. The summed E-state index contributed by atoms with van der Waals surface area (Å²) in [5.74, 6) is 0.104. The van der Waals surface area contributed by atoms with E-state index in [4.69, 9.17) is 0 Å². The average molecular weight is 311 g/mol. The molecule has 2 aromatic rings. The summed E-state index contributed by atoms with van der Waals surface area (Å²) >= 11 is 0. The van der Waals surface area contributed by atoms with Gasteiger partial charge in [0, 0.05) is 32.7 Å². The van der Waals surface area contributed by atoms with Crippen molar-refractivity contribution in [2.45, 2.75) is 25.4 Å². The number of carbonyl (C=O) groups excluding carboxylic acids is 1. The second kappa shape index (κ2) is 7.57. The first-order chi connectivity index (χ1) is 11.3. The van der Waals surface area contributed by atoms with E-state index in [0.717, 1.165) is 32.5 Å². The molecule has 2 N–H and O–H groups in total. The van der Waals surface area contributed by atoms with Gasteiger partial charge in [-0.2, -0.15) is 0 Å². The molecule has 4 heteroatoms. The Hall–Kier alpha value is -1.91. The van der Waals surface area contributed by atoms with Gasteiger partial charge in [-0.25, -0.2) is 0 Å². The first kappa shape index (κ1) is 16.0. The summed E-state index contributed by atoms with van der Waals surface area (Å²) in [6, 6.07) is 15.6. The highest BCUT2D eigenvalue weighted by Crippen LogP contribution is 2.19. The molecule has 122 valence electrons. The zero-order valence-corrected chi connectivity index (χ0v) is 13.7. The van der Waals surface area contributed by atoms with Crippen molar-refractivity contribution in [2.24, 2.45) is 0 Å². The zero-order valence-electron chi connectivity index (χ0n) is 13.7. The number of likely N-dealkylation sites (N-methyl/N-ethyl adjacent to an activating group) is 1. The number of likely N-dealkylation sites (tertiary alicyclic amines) is 1. The highest BCUT2D eigenvalue weighted by atomic mass is 16.1. The molecule has 0 radical (unpaired) electrons. The van der Waals surface area contributed by atoms with Gasteiger partial charge < -0.3 is 10.6 Å². The van der Waals surface area contributed by atoms with Crippen molar-refractivity contribution in [1.29, 1.82) is 0 Å². The predicted molar refractivity (Wildman–Crippen MR) is 94.3 cm³/mol. The summed E-state index contributed by atoms with van der Waals surface area (Å²) in [6.45, 7) is 3.40. The average Bonchev–Trinajstić information content (AvgIpc) is 2.61. The standard InChI is InChI=1S/C19H25N3O/c1-20-19(23)14-22-11-9-17(10-12-22)21-13-16-7-4-6-15-5-2-3-8-18(15)16/h2-8,17,21H,9-14H2,1H3,(H,20,23). The zero-order chi connectivity index (χ0) is 16.1. The first-order valence-corrected chi connectivity index (χ1v) is 8.39. The van der Waals surface area contributed by atoms with E-state index in [1.54, 1.807) is 7.05 Å². The van der Waals surface area contributed by atoms with Crippen LogP contribution in [-0.2, 0) is 11.3 Å². The van der Waals surface area contributed by atoms with Gasteiger partial charge >= 0.3 is 0 Å². The van der Waals surface area contributed by atoms with Crippen molar-refractivity contribution in [3.05, 3.63) is 48.0 Å². The maximum absolute atomic E-state index is 11.4. The number of piperidine rings is 1. The summed E-state index contributed by atoms with van der Waals surface area (Å²) in [7, 11) is 1.70. The maximum atomic E-state index is 11.4. The van der Waals surface area contributed by atoms with Crippen molar-refractivity contribution in [3.8, 4) is 0 Å². The van der Waals surface area contributed by atoms with Crippen molar-refractivity contribution >= 4 is 16.7 Å². The fourth-order valence-corrected chi connectivity index (χ4v) is 3.28. The van der Waals surface area contributed by atoms with Gasteiger partial charge in [0.25, 0.3) is 0 Å². The first-order valence-electron chi connectivity index (χ1n) is 8.39. The van der Waals surface area contributed by atoms with Crippen molar-refractivity contribution in [1.82, 2.24) is 15.5 Å².